The second-order valence-electron chi connectivity index (χ2n) is 8.82. The zero-order valence-electron chi connectivity index (χ0n) is 21.3. The Morgan fingerprint density at radius 1 is 0.868 bits per heavy atom. The number of methoxy groups -OCH3 is 1. The number of carbonyl (C=O) groups excluding carboxylic acids is 1. The van der Waals surface area contributed by atoms with Gasteiger partial charge in [-0.3, -0.25) is 4.79 Å². The number of aromatic nitrogens is 2. The molecule has 0 atom stereocenters. The van der Waals surface area contributed by atoms with Gasteiger partial charge in [-0.2, -0.15) is 0 Å². The van der Waals surface area contributed by atoms with E-state index in [-0.39, 0.29) is 5.97 Å². The molecule has 0 aliphatic carbocycles. The molecule has 0 aliphatic heterocycles. The number of benzene rings is 3. The van der Waals surface area contributed by atoms with Gasteiger partial charge in [0, 0.05) is 18.4 Å². The summed E-state index contributed by atoms with van der Waals surface area (Å²) in [5.41, 5.74) is 4.90. The number of hydrogen-bond acceptors (Lipinski definition) is 7. The Labute approximate surface area is 225 Å². The highest BCUT2D eigenvalue weighted by atomic mass is 32.1. The van der Waals surface area contributed by atoms with E-state index in [1.54, 1.807) is 11.3 Å². The van der Waals surface area contributed by atoms with Gasteiger partial charge in [-0.15, -0.1) is 11.3 Å². The standard InChI is InChI=1S/C31H28N2O4S/c1-21-27(33-31(37-21)24-11-7-4-8-12-24)20-36-25-15-13-22(14-16-25)19-28-32-26(17-18-29(34)35-2)30(38-28)23-9-5-3-6-10-23/h3-16H,17-20H2,1-2H3. The van der Waals surface area contributed by atoms with Gasteiger partial charge < -0.3 is 13.9 Å². The van der Waals surface area contributed by atoms with Gasteiger partial charge in [0.2, 0.25) is 5.89 Å². The van der Waals surface area contributed by atoms with Crippen LogP contribution in [0.2, 0.25) is 0 Å². The maximum Gasteiger partial charge on any atom is 0.305 e. The van der Waals surface area contributed by atoms with Crippen molar-refractivity contribution in [1.82, 2.24) is 9.97 Å². The quantitative estimate of drug-likeness (QED) is 0.182. The van der Waals surface area contributed by atoms with Crippen LogP contribution in [-0.2, 0) is 29.0 Å². The van der Waals surface area contributed by atoms with Crippen LogP contribution in [0.1, 0.15) is 34.1 Å². The minimum absolute atomic E-state index is 0.230. The van der Waals surface area contributed by atoms with Crippen molar-refractivity contribution >= 4 is 17.3 Å². The fourth-order valence-electron chi connectivity index (χ4n) is 4.08. The molecule has 0 N–H and O–H groups in total. The predicted molar refractivity (Wildman–Crippen MR) is 148 cm³/mol. The molecule has 2 heterocycles. The summed E-state index contributed by atoms with van der Waals surface area (Å²) in [6, 6.07) is 28.0. The Hall–Kier alpha value is -4.23. The van der Waals surface area contributed by atoms with Crippen LogP contribution >= 0.6 is 11.3 Å². The van der Waals surface area contributed by atoms with Crippen LogP contribution in [0.3, 0.4) is 0 Å². The van der Waals surface area contributed by atoms with Crippen LogP contribution in [-0.4, -0.2) is 23.0 Å². The van der Waals surface area contributed by atoms with E-state index in [4.69, 9.17) is 18.9 Å². The molecule has 0 saturated carbocycles. The molecule has 6 nitrogen and oxygen atoms in total. The van der Waals surface area contributed by atoms with Crippen LogP contribution in [0.15, 0.2) is 89.3 Å². The third-order valence-corrected chi connectivity index (χ3v) is 7.29. The van der Waals surface area contributed by atoms with Gasteiger partial charge in [0.15, 0.2) is 0 Å². The van der Waals surface area contributed by atoms with E-state index in [1.165, 1.54) is 7.11 Å². The molecular weight excluding hydrogens is 496 g/mol. The highest BCUT2D eigenvalue weighted by Gasteiger charge is 2.16. The Morgan fingerprint density at radius 2 is 1.55 bits per heavy atom. The zero-order valence-corrected chi connectivity index (χ0v) is 22.2. The number of rotatable bonds is 10. The van der Waals surface area contributed by atoms with E-state index in [0.29, 0.717) is 31.8 Å². The molecule has 5 aromatic rings. The van der Waals surface area contributed by atoms with E-state index >= 15 is 0 Å². The van der Waals surface area contributed by atoms with Gasteiger partial charge in [-0.1, -0.05) is 60.7 Å². The van der Waals surface area contributed by atoms with E-state index in [9.17, 15) is 4.79 Å². The second-order valence-corrected chi connectivity index (χ2v) is 9.91. The maximum absolute atomic E-state index is 11.7. The first-order valence-electron chi connectivity index (χ1n) is 12.4. The minimum Gasteiger partial charge on any atom is -0.487 e. The van der Waals surface area contributed by atoms with Crippen LogP contribution in [0.5, 0.6) is 5.75 Å². The summed E-state index contributed by atoms with van der Waals surface area (Å²) < 4.78 is 16.6. The predicted octanol–water partition coefficient (Wildman–Crippen LogP) is 7.05. The summed E-state index contributed by atoms with van der Waals surface area (Å²) in [4.78, 5) is 22.3. The Morgan fingerprint density at radius 3 is 2.24 bits per heavy atom. The Balaban J connectivity index is 1.25. The van der Waals surface area contributed by atoms with Crippen LogP contribution < -0.4 is 4.74 Å². The lowest BCUT2D eigenvalue weighted by atomic mass is 10.1. The molecule has 5 rings (SSSR count). The number of esters is 1. The average Bonchev–Trinajstić information content (AvgIpc) is 3.55. The van der Waals surface area contributed by atoms with E-state index in [2.05, 4.69) is 29.2 Å². The van der Waals surface area contributed by atoms with Gasteiger partial charge in [0.1, 0.15) is 23.8 Å². The number of carbonyl (C=O) groups is 1. The molecule has 38 heavy (non-hydrogen) atoms. The first-order valence-corrected chi connectivity index (χ1v) is 13.2. The monoisotopic (exact) mass is 524 g/mol. The molecule has 3 aromatic carbocycles. The van der Waals surface area contributed by atoms with Crippen molar-refractivity contribution in [1.29, 1.82) is 0 Å². The van der Waals surface area contributed by atoms with E-state index < -0.39 is 0 Å². The lowest BCUT2D eigenvalue weighted by molar-refractivity contribution is -0.140. The number of nitrogens with zero attached hydrogens (tertiary/aromatic N) is 2. The largest absolute Gasteiger partial charge is 0.487 e. The Kier molecular flexibility index (Phi) is 7.95. The fourth-order valence-corrected chi connectivity index (χ4v) is 5.23. The highest BCUT2D eigenvalue weighted by molar-refractivity contribution is 7.15. The van der Waals surface area contributed by atoms with Crippen LogP contribution in [0.25, 0.3) is 21.9 Å². The number of hydrogen-bond donors (Lipinski definition) is 0. The van der Waals surface area contributed by atoms with Crippen molar-refractivity contribution in [3.05, 3.63) is 113 Å². The van der Waals surface area contributed by atoms with Gasteiger partial charge in [-0.05, 0) is 42.3 Å². The van der Waals surface area contributed by atoms with Gasteiger partial charge in [0.05, 0.1) is 29.1 Å². The first kappa shape index (κ1) is 25.4. The van der Waals surface area contributed by atoms with Crippen molar-refractivity contribution in [3.63, 3.8) is 0 Å². The SMILES string of the molecule is COC(=O)CCc1nc(Cc2ccc(OCc3nc(-c4ccccc4)oc3C)cc2)sc1-c1ccccc1. The average molecular weight is 525 g/mol. The summed E-state index contributed by atoms with van der Waals surface area (Å²) in [6.45, 7) is 2.23. The third kappa shape index (κ3) is 6.18. The lowest BCUT2D eigenvalue weighted by Crippen LogP contribution is -2.03. The molecule has 2 aromatic heterocycles. The number of ether oxygens (including phenoxy) is 2. The molecule has 0 amide bonds. The topological polar surface area (TPSA) is 74.5 Å². The van der Waals surface area contributed by atoms with E-state index in [0.717, 1.165) is 49.5 Å². The summed E-state index contributed by atoms with van der Waals surface area (Å²) >= 11 is 1.67. The molecule has 7 heteroatoms. The zero-order chi connectivity index (χ0) is 26.3. The molecular formula is C31H28N2O4S. The molecule has 0 saturated heterocycles. The number of oxazole rings is 1. The van der Waals surface area contributed by atoms with Gasteiger partial charge in [0.25, 0.3) is 0 Å². The van der Waals surface area contributed by atoms with Crippen LogP contribution in [0, 0.1) is 6.92 Å². The summed E-state index contributed by atoms with van der Waals surface area (Å²) in [5, 5.41) is 1.00. The van der Waals surface area contributed by atoms with Gasteiger partial charge in [-0.25, -0.2) is 9.97 Å². The minimum atomic E-state index is -0.230. The van der Waals surface area contributed by atoms with E-state index in [1.807, 2.05) is 67.6 Å². The molecule has 0 fully saturated rings. The Bertz CT molecular complexity index is 1490. The lowest BCUT2D eigenvalue weighted by Gasteiger charge is -2.05. The molecule has 0 spiro atoms. The second kappa shape index (κ2) is 11.9. The van der Waals surface area contributed by atoms with Crippen molar-refractivity contribution < 1.29 is 18.7 Å². The summed E-state index contributed by atoms with van der Waals surface area (Å²) in [6.07, 6.45) is 1.56. The van der Waals surface area contributed by atoms with Crippen molar-refractivity contribution in [2.75, 3.05) is 7.11 Å². The molecule has 0 unspecified atom stereocenters. The highest BCUT2D eigenvalue weighted by Crippen LogP contribution is 2.32. The molecule has 0 bridgehead atoms. The third-order valence-electron chi connectivity index (χ3n) is 6.14. The number of aryl methyl sites for hydroxylation is 2. The molecule has 0 aliphatic rings. The smallest absolute Gasteiger partial charge is 0.305 e. The number of thiazole rings is 1. The van der Waals surface area contributed by atoms with Crippen molar-refractivity contribution in [2.24, 2.45) is 0 Å². The fraction of sp³-hybridized carbons (Fsp3) is 0.194. The molecule has 192 valence electrons. The van der Waals surface area contributed by atoms with Crippen LogP contribution in [0.4, 0.5) is 0 Å². The first-order chi connectivity index (χ1) is 18.6. The van der Waals surface area contributed by atoms with Crippen molar-refractivity contribution in [3.8, 4) is 27.6 Å². The summed E-state index contributed by atoms with van der Waals surface area (Å²) in [5.74, 6) is 1.88. The normalized spacial score (nSPS) is 10.9. The maximum atomic E-state index is 11.7. The van der Waals surface area contributed by atoms with Crippen molar-refractivity contribution in [2.45, 2.75) is 32.8 Å². The van der Waals surface area contributed by atoms with Gasteiger partial charge >= 0.3 is 5.97 Å². The molecule has 0 radical (unpaired) electrons. The summed E-state index contributed by atoms with van der Waals surface area (Å²) in [7, 11) is 1.41.